The molecular formula is C13H18ClFN2O2. The van der Waals surface area contributed by atoms with Crippen LogP contribution in [0.4, 0.5) is 10.1 Å². The van der Waals surface area contributed by atoms with E-state index in [4.69, 9.17) is 16.3 Å². The Kier molecular flexibility index (Phi) is 6.59. The summed E-state index contributed by atoms with van der Waals surface area (Å²) in [4.78, 5) is 11.7. The molecule has 0 radical (unpaired) electrons. The van der Waals surface area contributed by atoms with Gasteiger partial charge in [-0.3, -0.25) is 4.79 Å². The van der Waals surface area contributed by atoms with E-state index < -0.39 is 11.9 Å². The third-order valence-electron chi connectivity index (χ3n) is 2.54. The van der Waals surface area contributed by atoms with Gasteiger partial charge in [0.25, 0.3) is 0 Å². The number of methoxy groups -OCH3 is 1. The first-order valence-corrected chi connectivity index (χ1v) is 6.41. The van der Waals surface area contributed by atoms with Gasteiger partial charge in [-0.25, -0.2) is 4.39 Å². The van der Waals surface area contributed by atoms with Crippen LogP contribution in [0.25, 0.3) is 0 Å². The van der Waals surface area contributed by atoms with E-state index in [9.17, 15) is 9.18 Å². The van der Waals surface area contributed by atoms with E-state index in [0.29, 0.717) is 13.2 Å². The number of ether oxygens (including phenoxy) is 1. The molecule has 4 nitrogen and oxygen atoms in total. The van der Waals surface area contributed by atoms with Crippen molar-refractivity contribution in [3.05, 3.63) is 29.0 Å². The minimum Gasteiger partial charge on any atom is -0.385 e. The topological polar surface area (TPSA) is 50.4 Å². The normalized spacial score (nSPS) is 12.0. The first kappa shape index (κ1) is 15.7. The van der Waals surface area contributed by atoms with Crippen LogP contribution in [0.2, 0.25) is 5.02 Å². The number of amides is 1. The monoisotopic (exact) mass is 288 g/mol. The molecule has 0 saturated heterocycles. The van der Waals surface area contributed by atoms with Gasteiger partial charge in [-0.15, -0.1) is 0 Å². The summed E-state index contributed by atoms with van der Waals surface area (Å²) >= 11 is 5.67. The van der Waals surface area contributed by atoms with Crippen molar-refractivity contribution in [1.82, 2.24) is 5.32 Å². The molecular weight excluding hydrogens is 271 g/mol. The number of rotatable bonds is 7. The van der Waals surface area contributed by atoms with Gasteiger partial charge in [-0.2, -0.15) is 0 Å². The molecule has 1 aromatic carbocycles. The van der Waals surface area contributed by atoms with Crippen molar-refractivity contribution < 1.29 is 13.9 Å². The second-order valence-electron chi connectivity index (χ2n) is 4.10. The van der Waals surface area contributed by atoms with E-state index >= 15 is 0 Å². The molecule has 0 aromatic heterocycles. The van der Waals surface area contributed by atoms with Crippen molar-refractivity contribution in [2.45, 2.75) is 19.4 Å². The molecule has 6 heteroatoms. The number of carbonyl (C=O) groups excluding carboxylic acids is 1. The van der Waals surface area contributed by atoms with Crippen molar-refractivity contribution in [3.63, 3.8) is 0 Å². The largest absolute Gasteiger partial charge is 0.385 e. The lowest BCUT2D eigenvalue weighted by atomic mass is 10.2. The van der Waals surface area contributed by atoms with Gasteiger partial charge in [-0.1, -0.05) is 17.7 Å². The third kappa shape index (κ3) is 5.04. The van der Waals surface area contributed by atoms with Gasteiger partial charge in [0.1, 0.15) is 6.04 Å². The average Bonchev–Trinajstić information content (AvgIpc) is 2.39. The first-order chi connectivity index (χ1) is 9.06. The smallest absolute Gasteiger partial charge is 0.242 e. The average molecular weight is 289 g/mol. The molecule has 1 atom stereocenters. The van der Waals surface area contributed by atoms with E-state index in [1.807, 2.05) is 0 Å². The molecule has 1 unspecified atom stereocenters. The summed E-state index contributed by atoms with van der Waals surface area (Å²) in [5.74, 6) is -0.751. The van der Waals surface area contributed by atoms with Gasteiger partial charge >= 0.3 is 0 Å². The predicted octanol–water partition coefficient (Wildman–Crippen LogP) is 2.43. The SMILES string of the molecule is COCCCNC(=O)C(C)Nc1cccc(Cl)c1F. The molecule has 0 heterocycles. The standard InChI is InChI=1S/C13H18ClFN2O2/c1-9(13(18)16-7-4-8-19-2)17-11-6-3-5-10(14)12(11)15/h3,5-6,9,17H,4,7-8H2,1-2H3,(H,16,18). The van der Waals surface area contributed by atoms with Gasteiger partial charge in [0.05, 0.1) is 10.7 Å². The number of halogens is 2. The molecule has 0 aliphatic heterocycles. The van der Waals surface area contributed by atoms with Gasteiger partial charge in [0, 0.05) is 20.3 Å². The van der Waals surface area contributed by atoms with E-state index in [-0.39, 0.29) is 16.6 Å². The fraction of sp³-hybridized carbons (Fsp3) is 0.462. The maximum atomic E-state index is 13.6. The van der Waals surface area contributed by atoms with Crippen LogP contribution in [0.1, 0.15) is 13.3 Å². The molecule has 0 aliphatic rings. The lowest BCUT2D eigenvalue weighted by molar-refractivity contribution is -0.121. The number of nitrogens with one attached hydrogen (secondary N) is 2. The van der Waals surface area contributed by atoms with E-state index in [1.54, 1.807) is 20.1 Å². The molecule has 19 heavy (non-hydrogen) atoms. The number of hydrogen-bond donors (Lipinski definition) is 2. The summed E-state index contributed by atoms with van der Waals surface area (Å²) in [6, 6.07) is 4.07. The van der Waals surface area contributed by atoms with Crippen molar-refractivity contribution in [2.75, 3.05) is 25.6 Å². The Morgan fingerprint density at radius 3 is 2.95 bits per heavy atom. The van der Waals surface area contributed by atoms with E-state index in [1.165, 1.54) is 12.1 Å². The van der Waals surface area contributed by atoms with Crippen LogP contribution >= 0.6 is 11.6 Å². The lowest BCUT2D eigenvalue weighted by Gasteiger charge is -2.16. The van der Waals surface area contributed by atoms with E-state index in [0.717, 1.165) is 6.42 Å². The summed E-state index contributed by atoms with van der Waals surface area (Å²) in [6.07, 6.45) is 0.737. The zero-order chi connectivity index (χ0) is 14.3. The number of hydrogen-bond acceptors (Lipinski definition) is 3. The summed E-state index contributed by atoms with van der Waals surface area (Å²) in [5, 5.41) is 5.55. The molecule has 2 N–H and O–H groups in total. The van der Waals surface area contributed by atoms with Gasteiger partial charge in [0.2, 0.25) is 5.91 Å². The fourth-order valence-electron chi connectivity index (χ4n) is 1.50. The maximum Gasteiger partial charge on any atom is 0.242 e. The first-order valence-electron chi connectivity index (χ1n) is 6.03. The van der Waals surface area contributed by atoms with Crippen LogP contribution in [-0.4, -0.2) is 32.2 Å². The van der Waals surface area contributed by atoms with E-state index in [2.05, 4.69) is 10.6 Å². The lowest BCUT2D eigenvalue weighted by Crippen LogP contribution is -2.38. The molecule has 1 aromatic rings. The highest BCUT2D eigenvalue weighted by atomic mass is 35.5. The van der Waals surface area contributed by atoms with Crippen LogP contribution in [0, 0.1) is 5.82 Å². The van der Waals surface area contributed by atoms with Gasteiger partial charge < -0.3 is 15.4 Å². The number of benzene rings is 1. The van der Waals surface area contributed by atoms with Crippen molar-refractivity contribution >= 4 is 23.2 Å². The Morgan fingerprint density at radius 2 is 2.26 bits per heavy atom. The molecule has 1 rings (SSSR count). The molecule has 0 spiro atoms. The fourth-order valence-corrected chi connectivity index (χ4v) is 1.67. The Morgan fingerprint density at radius 1 is 1.53 bits per heavy atom. The molecule has 0 saturated carbocycles. The minimum absolute atomic E-state index is 0.0257. The predicted molar refractivity (Wildman–Crippen MR) is 74.0 cm³/mol. The molecule has 0 fully saturated rings. The zero-order valence-electron chi connectivity index (χ0n) is 11.0. The Labute approximate surface area is 117 Å². The zero-order valence-corrected chi connectivity index (χ0v) is 11.8. The summed E-state index contributed by atoms with van der Waals surface area (Å²) in [7, 11) is 1.61. The molecule has 1 amide bonds. The number of anilines is 1. The molecule has 106 valence electrons. The minimum atomic E-state index is -0.553. The highest BCUT2D eigenvalue weighted by molar-refractivity contribution is 6.31. The van der Waals surface area contributed by atoms with Crippen molar-refractivity contribution in [1.29, 1.82) is 0 Å². The summed E-state index contributed by atoms with van der Waals surface area (Å²) in [5.41, 5.74) is 0.215. The van der Waals surface area contributed by atoms with Crippen molar-refractivity contribution in [2.24, 2.45) is 0 Å². The molecule has 0 bridgehead atoms. The second kappa shape index (κ2) is 7.96. The van der Waals surface area contributed by atoms with Crippen LogP contribution in [0.3, 0.4) is 0 Å². The summed E-state index contributed by atoms with van der Waals surface area (Å²) in [6.45, 7) is 2.77. The third-order valence-corrected chi connectivity index (χ3v) is 2.83. The van der Waals surface area contributed by atoms with Gasteiger partial charge in [-0.05, 0) is 25.5 Å². The highest BCUT2D eigenvalue weighted by Crippen LogP contribution is 2.22. The van der Waals surface area contributed by atoms with Crippen LogP contribution in [0.15, 0.2) is 18.2 Å². The molecule has 0 aliphatic carbocycles. The Bertz CT molecular complexity index is 429. The second-order valence-corrected chi connectivity index (χ2v) is 4.51. The quantitative estimate of drug-likeness (QED) is 0.758. The van der Waals surface area contributed by atoms with Crippen LogP contribution < -0.4 is 10.6 Å². The summed E-state index contributed by atoms with van der Waals surface area (Å²) < 4.78 is 18.5. The van der Waals surface area contributed by atoms with Crippen molar-refractivity contribution in [3.8, 4) is 0 Å². The maximum absolute atomic E-state index is 13.6. The van der Waals surface area contributed by atoms with Crippen LogP contribution in [0.5, 0.6) is 0 Å². The van der Waals surface area contributed by atoms with Crippen LogP contribution in [-0.2, 0) is 9.53 Å². The number of carbonyl (C=O) groups is 1. The Hall–Kier alpha value is -1.33. The highest BCUT2D eigenvalue weighted by Gasteiger charge is 2.14. The Balaban J connectivity index is 2.47. The van der Waals surface area contributed by atoms with Gasteiger partial charge in [0.15, 0.2) is 5.82 Å².